The van der Waals surface area contributed by atoms with Crippen LogP contribution in [-0.4, -0.2) is 65.8 Å². The van der Waals surface area contributed by atoms with Crippen molar-refractivity contribution in [3.8, 4) is 0 Å². The summed E-state index contributed by atoms with van der Waals surface area (Å²) in [6.07, 6.45) is 0.945. The molecule has 0 unspecified atom stereocenters. The third-order valence-corrected chi connectivity index (χ3v) is 5.95. The molecule has 0 N–H and O–H groups in total. The molecule has 1 fully saturated rings. The summed E-state index contributed by atoms with van der Waals surface area (Å²) >= 11 is 1.48. The number of amides is 2. The maximum absolute atomic E-state index is 12.9. The minimum absolute atomic E-state index is 0.105. The fourth-order valence-corrected chi connectivity index (χ4v) is 4.12. The van der Waals surface area contributed by atoms with Crippen LogP contribution in [0.25, 0.3) is 0 Å². The van der Waals surface area contributed by atoms with Gasteiger partial charge < -0.3 is 9.80 Å². The molecule has 0 saturated carbocycles. The molecule has 0 radical (unpaired) electrons. The number of nitrogens with zero attached hydrogens (tertiary/aromatic N) is 3. The van der Waals surface area contributed by atoms with Crippen molar-refractivity contribution in [3.63, 3.8) is 0 Å². The first-order valence-electron chi connectivity index (χ1n) is 9.95. The maximum Gasteiger partial charge on any atom is 0.264 e. The minimum Gasteiger partial charge on any atom is -0.337 e. The molecule has 5 nitrogen and oxygen atoms in total. The van der Waals surface area contributed by atoms with Crippen LogP contribution < -0.4 is 0 Å². The lowest BCUT2D eigenvalue weighted by molar-refractivity contribution is -0.133. The number of thiophene rings is 1. The molecule has 2 amide bonds. The largest absolute Gasteiger partial charge is 0.337 e. The monoisotopic (exact) mass is 399 g/mol. The van der Waals surface area contributed by atoms with Crippen molar-refractivity contribution in [2.75, 3.05) is 39.3 Å². The van der Waals surface area contributed by atoms with Crippen LogP contribution in [0.1, 0.15) is 34.1 Å². The van der Waals surface area contributed by atoms with Crippen molar-refractivity contribution in [1.29, 1.82) is 0 Å². The highest BCUT2D eigenvalue weighted by Gasteiger charge is 2.25. The van der Waals surface area contributed by atoms with E-state index >= 15 is 0 Å². The van der Waals surface area contributed by atoms with Gasteiger partial charge in [-0.05, 0) is 30.4 Å². The fraction of sp³-hybridized carbons (Fsp3) is 0.455. The molecule has 0 bridgehead atoms. The molecule has 0 spiro atoms. The lowest BCUT2D eigenvalue weighted by atomic mass is 10.1. The molecular weight excluding hydrogens is 370 g/mol. The minimum atomic E-state index is 0.105. The van der Waals surface area contributed by atoms with Gasteiger partial charge in [-0.15, -0.1) is 11.3 Å². The van der Waals surface area contributed by atoms with Crippen molar-refractivity contribution in [2.24, 2.45) is 0 Å². The van der Waals surface area contributed by atoms with Gasteiger partial charge in [-0.25, -0.2) is 0 Å². The number of rotatable bonds is 7. The second-order valence-electron chi connectivity index (χ2n) is 7.35. The molecule has 2 heterocycles. The molecule has 0 aliphatic carbocycles. The van der Waals surface area contributed by atoms with Crippen LogP contribution in [0.4, 0.5) is 0 Å². The van der Waals surface area contributed by atoms with E-state index < -0.39 is 0 Å². The molecule has 1 aliphatic rings. The van der Waals surface area contributed by atoms with Gasteiger partial charge in [0.25, 0.3) is 5.91 Å². The van der Waals surface area contributed by atoms with Crippen LogP contribution in [0.5, 0.6) is 0 Å². The number of carbonyl (C=O) groups is 2. The van der Waals surface area contributed by atoms with Gasteiger partial charge in [-0.1, -0.05) is 42.8 Å². The summed E-state index contributed by atoms with van der Waals surface area (Å²) in [5.74, 6) is 0.272. The summed E-state index contributed by atoms with van der Waals surface area (Å²) < 4.78 is 0. The molecule has 1 aromatic heterocycles. The molecule has 1 aliphatic heterocycles. The van der Waals surface area contributed by atoms with Gasteiger partial charge in [0.2, 0.25) is 5.91 Å². The summed E-state index contributed by atoms with van der Waals surface area (Å²) in [6, 6.07) is 12.2. The fourth-order valence-electron chi connectivity index (χ4n) is 3.43. The van der Waals surface area contributed by atoms with Crippen LogP contribution in [0.3, 0.4) is 0 Å². The maximum atomic E-state index is 12.9. The number of hydrogen-bond acceptors (Lipinski definition) is 4. The Labute approximate surface area is 171 Å². The Morgan fingerprint density at radius 3 is 2.39 bits per heavy atom. The van der Waals surface area contributed by atoms with Crippen molar-refractivity contribution in [1.82, 2.24) is 14.7 Å². The van der Waals surface area contributed by atoms with Gasteiger partial charge in [-0.3, -0.25) is 14.5 Å². The van der Waals surface area contributed by atoms with Gasteiger partial charge >= 0.3 is 0 Å². The lowest BCUT2D eigenvalue weighted by Gasteiger charge is -2.35. The highest BCUT2D eigenvalue weighted by Crippen LogP contribution is 2.14. The van der Waals surface area contributed by atoms with Crippen molar-refractivity contribution in [3.05, 3.63) is 57.8 Å². The lowest BCUT2D eigenvalue weighted by Crippen LogP contribution is -2.51. The number of benzene rings is 1. The second-order valence-corrected chi connectivity index (χ2v) is 8.29. The van der Waals surface area contributed by atoms with E-state index in [1.807, 2.05) is 27.3 Å². The second kappa shape index (κ2) is 9.85. The number of hydrogen-bond donors (Lipinski definition) is 0. The molecule has 1 saturated heterocycles. The first-order valence-corrected chi connectivity index (χ1v) is 10.8. The molecule has 2 aromatic rings. The van der Waals surface area contributed by atoms with Crippen molar-refractivity contribution < 1.29 is 9.59 Å². The molecule has 1 aromatic carbocycles. The Morgan fingerprint density at radius 1 is 1.07 bits per heavy atom. The van der Waals surface area contributed by atoms with Crippen molar-refractivity contribution >= 4 is 23.2 Å². The zero-order valence-electron chi connectivity index (χ0n) is 16.8. The molecule has 3 rings (SSSR count). The predicted molar refractivity (Wildman–Crippen MR) is 114 cm³/mol. The van der Waals surface area contributed by atoms with Crippen LogP contribution in [0.15, 0.2) is 41.8 Å². The summed E-state index contributed by atoms with van der Waals surface area (Å²) in [5, 5.41) is 1.93. The molecule has 150 valence electrons. The van der Waals surface area contributed by atoms with Crippen LogP contribution in [0, 0.1) is 6.92 Å². The molecular formula is C22H29N3O2S. The van der Waals surface area contributed by atoms with E-state index in [9.17, 15) is 9.59 Å². The quantitative estimate of drug-likeness (QED) is 0.718. The van der Waals surface area contributed by atoms with Gasteiger partial charge in [0, 0.05) is 39.3 Å². The van der Waals surface area contributed by atoms with E-state index in [1.165, 1.54) is 22.5 Å². The first kappa shape index (κ1) is 20.6. The van der Waals surface area contributed by atoms with Gasteiger partial charge in [0.1, 0.15) is 0 Å². The van der Waals surface area contributed by atoms with Gasteiger partial charge in [-0.2, -0.15) is 0 Å². The average Bonchev–Trinajstić information content (AvgIpc) is 3.24. The third kappa shape index (κ3) is 5.42. The molecule has 6 heteroatoms. The zero-order valence-corrected chi connectivity index (χ0v) is 17.6. The predicted octanol–water partition coefficient (Wildman–Crippen LogP) is 3.25. The van der Waals surface area contributed by atoms with Crippen LogP contribution >= 0.6 is 11.3 Å². The SMILES string of the molecule is CCCN(Cc1ccc(C)cc1)C(=O)CN1CCN(C(=O)c2cccs2)CC1. The summed E-state index contributed by atoms with van der Waals surface area (Å²) in [5.41, 5.74) is 2.39. The Kier molecular flexibility index (Phi) is 7.23. The standard InChI is InChI=1S/C22H29N3O2S/c1-3-10-25(16-19-8-6-18(2)7-9-19)21(26)17-23-11-13-24(14-12-23)22(27)20-5-4-15-28-20/h4-9,15H,3,10-14,16-17H2,1-2H3. The van der Waals surface area contributed by atoms with E-state index in [2.05, 4.69) is 43.0 Å². The summed E-state index contributed by atoms with van der Waals surface area (Å²) in [6.45, 7) is 8.86. The van der Waals surface area contributed by atoms with Gasteiger partial charge in [0.05, 0.1) is 11.4 Å². The van der Waals surface area contributed by atoms with E-state index in [0.717, 1.165) is 30.9 Å². The van der Waals surface area contributed by atoms with Crippen LogP contribution in [-0.2, 0) is 11.3 Å². The highest BCUT2D eigenvalue weighted by atomic mass is 32.1. The summed E-state index contributed by atoms with van der Waals surface area (Å²) in [7, 11) is 0. The molecule has 28 heavy (non-hydrogen) atoms. The Morgan fingerprint density at radius 2 is 1.79 bits per heavy atom. The van der Waals surface area contributed by atoms with E-state index in [4.69, 9.17) is 0 Å². The van der Waals surface area contributed by atoms with Crippen molar-refractivity contribution in [2.45, 2.75) is 26.8 Å². The Balaban J connectivity index is 1.51. The van der Waals surface area contributed by atoms with Gasteiger partial charge in [0.15, 0.2) is 0 Å². The Hall–Kier alpha value is -2.18. The van der Waals surface area contributed by atoms with E-state index in [1.54, 1.807) is 0 Å². The number of piperazine rings is 1. The average molecular weight is 400 g/mol. The topological polar surface area (TPSA) is 43.9 Å². The third-order valence-electron chi connectivity index (χ3n) is 5.09. The first-order chi connectivity index (χ1) is 13.6. The van der Waals surface area contributed by atoms with Crippen LogP contribution in [0.2, 0.25) is 0 Å². The normalized spacial score (nSPS) is 14.9. The van der Waals surface area contributed by atoms with E-state index in [0.29, 0.717) is 26.2 Å². The smallest absolute Gasteiger partial charge is 0.264 e. The number of aryl methyl sites for hydroxylation is 1. The zero-order chi connectivity index (χ0) is 19.9. The molecule has 0 atom stereocenters. The highest BCUT2D eigenvalue weighted by molar-refractivity contribution is 7.12. The Bertz CT molecular complexity index is 766. The number of carbonyl (C=O) groups excluding carboxylic acids is 2. The van der Waals surface area contributed by atoms with E-state index in [-0.39, 0.29) is 11.8 Å². The summed E-state index contributed by atoms with van der Waals surface area (Å²) in [4.78, 5) is 32.1.